The molecule has 1 heterocycles. The Bertz CT molecular complexity index is 1180. The highest BCUT2D eigenvalue weighted by Crippen LogP contribution is 2.44. The summed E-state index contributed by atoms with van der Waals surface area (Å²) in [4.78, 5) is 27.6. The summed E-state index contributed by atoms with van der Waals surface area (Å²) in [5.74, 6) is 0.800. The van der Waals surface area contributed by atoms with Crippen molar-refractivity contribution in [2.45, 2.75) is 46.5 Å². The van der Waals surface area contributed by atoms with Gasteiger partial charge >= 0.3 is 0 Å². The molecule has 0 radical (unpaired) electrons. The molecule has 34 heavy (non-hydrogen) atoms. The van der Waals surface area contributed by atoms with Gasteiger partial charge in [0.1, 0.15) is 10.8 Å². The number of methoxy groups -OCH3 is 1. The van der Waals surface area contributed by atoms with Crippen LogP contribution in [0.4, 0.5) is 10.7 Å². The molecule has 1 aliphatic carbocycles. The van der Waals surface area contributed by atoms with Gasteiger partial charge in [-0.05, 0) is 53.9 Å². The van der Waals surface area contributed by atoms with Gasteiger partial charge < -0.3 is 15.4 Å². The number of rotatable bonds is 6. The molecule has 2 N–H and O–H groups in total. The van der Waals surface area contributed by atoms with Gasteiger partial charge in [-0.15, -0.1) is 11.3 Å². The van der Waals surface area contributed by atoms with Crippen molar-refractivity contribution in [2.75, 3.05) is 17.7 Å². The number of carbonyl (C=O) groups is 2. The minimum Gasteiger partial charge on any atom is -0.495 e. The number of ether oxygens (including phenoxy) is 1. The summed E-state index contributed by atoms with van der Waals surface area (Å²) in [5, 5.41) is 6.70. The molecule has 0 saturated carbocycles. The lowest BCUT2D eigenvalue weighted by atomic mass is 9.72. The van der Waals surface area contributed by atoms with E-state index in [4.69, 9.17) is 4.74 Å². The zero-order chi connectivity index (χ0) is 24.3. The summed E-state index contributed by atoms with van der Waals surface area (Å²) in [6.07, 6.45) is 3.05. The van der Waals surface area contributed by atoms with Crippen LogP contribution in [0.5, 0.6) is 5.75 Å². The van der Waals surface area contributed by atoms with E-state index in [2.05, 4.69) is 31.4 Å². The number of thiophene rings is 1. The summed E-state index contributed by atoms with van der Waals surface area (Å²) in [6.45, 7) is 6.82. The Morgan fingerprint density at radius 2 is 1.74 bits per heavy atom. The van der Waals surface area contributed by atoms with Crippen LogP contribution in [0.2, 0.25) is 0 Å². The molecule has 3 aromatic rings. The van der Waals surface area contributed by atoms with E-state index < -0.39 is 0 Å². The number of hydrogen-bond acceptors (Lipinski definition) is 4. The number of fused-ring (bicyclic) bond motifs is 1. The second kappa shape index (κ2) is 10.0. The number of hydrogen-bond donors (Lipinski definition) is 2. The number of nitrogens with one attached hydrogen (secondary N) is 2. The summed E-state index contributed by atoms with van der Waals surface area (Å²) >= 11 is 1.55. The maximum atomic E-state index is 13.5. The number of benzene rings is 2. The fourth-order valence-electron chi connectivity index (χ4n) is 4.54. The van der Waals surface area contributed by atoms with Gasteiger partial charge in [0, 0.05) is 4.88 Å². The van der Waals surface area contributed by atoms with Crippen LogP contribution < -0.4 is 15.4 Å². The van der Waals surface area contributed by atoms with E-state index in [0.717, 1.165) is 30.4 Å². The third-order valence-electron chi connectivity index (χ3n) is 6.53. The molecular weight excluding hydrogens is 444 g/mol. The van der Waals surface area contributed by atoms with Gasteiger partial charge in [0.2, 0.25) is 5.91 Å². The Morgan fingerprint density at radius 1 is 1.03 bits per heavy atom. The van der Waals surface area contributed by atoms with Crippen LogP contribution in [0.25, 0.3) is 0 Å². The highest BCUT2D eigenvalue weighted by atomic mass is 32.1. The first-order chi connectivity index (χ1) is 16.3. The summed E-state index contributed by atoms with van der Waals surface area (Å²) in [7, 11) is 1.58. The predicted octanol–water partition coefficient (Wildman–Crippen LogP) is 6.34. The molecule has 2 aromatic carbocycles. The van der Waals surface area contributed by atoms with Crippen LogP contribution in [0.3, 0.4) is 0 Å². The van der Waals surface area contributed by atoms with Crippen molar-refractivity contribution in [1.29, 1.82) is 0 Å². The fourth-order valence-corrected chi connectivity index (χ4v) is 5.88. The average molecular weight is 477 g/mol. The smallest absolute Gasteiger partial charge is 0.259 e. The van der Waals surface area contributed by atoms with Gasteiger partial charge in [-0.1, -0.05) is 63.2 Å². The molecule has 1 aliphatic rings. The normalized spacial score (nSPS) is 15.4. The van der Waals surface area contributed by atoms with Crippen molar-refractivity contribution in [3.05, 3.63) is 76.2 Å². The zero-order valence-electron chi connectivity index (χ0n) is 20.2. The minimum absolute atomic E-state index is 0.122. The van der Waals surface area contributed by atoms with Crippen LogP contribution in [-0.2, 0) is 24.1 Å². The molecule has 4 rings (SSSR count). The van der Waals surface area contributed by atoms with Crippen molar-refractivity contribution in [3.63, 3.8) is 0 Å². The van der Waals surface area contributed by atoms with E-state index in [-0.39, 0.29) is 23.7 Å². The van der Waals surface area contributed by atoms with Gasteiger partial charge in [-0.2, -0.15) is 0 Å². The Kier molecular flexibility index (Phi) is 7.08. The van der Waals surface area contributed by atoms with Crippen LogP contribution >= 0.6 is 11.3 Å². The van der Waals surface area contributed by atoms with Crippen LogP contribution in [-0.4, -0.2) is 18.9 Å². The van der Waals surface area contributed by atoms with Crippen molar-refractivity contribution in [2.24, 2.45) is 11.3 Å². The van der Waals surface area contributed by atoms with Crippen molar-refractivity contribution in [1.82, 2.24) is 0 Å². The molecule has 0 fully saturated rings. The molecule has 6 heteroatoms. The molecule has 0 unspecified atom stereocenters. The Labute approximate surface area is 205 Å². The van der Waals surface area contributed by atoms with E-state index in [1.54, 1.807) is 18.4 Å². The standard InChI is InChI=1S/C28H32N2O3S/c1-28(2,3)19-14-15-20-23(17-19)34-27(30-24(31)16-18-10-6-5-7-11-18)25(20)26(32)29-21-12-8-9-13-22(21)33-4/h5-13,19H,14-17H2,1-4H3,(H,29,32)(H,30,31)/t19-/m1/s1. The molecule has 178 valence electrons. The van der Waals surface area contributed by atoms with Gasteiger partial charge in [-0.25, -0.2) is 0 Å². The first-order valence-corrected chi connectivity index (χ1v) is 12.5. The average Bonchev–Trinajstić information content (AvgIpc) is 3.16. The fraction of sp³-hybridized carbons (Fsp3) is 0.357. The van der Waals surface area contributed by atoms with Gasteiger partial charge in [0.15, 0.2) is 0 Å². The zero-order valence-corrected chi connectivity index (χ0v) is 21.1. The van der Waals surface area contributed by atoms with Gasteiger partial charge in [0.05, 0.1) is 24.8 Å². The Balaban J connectivity index is 1.65. The van der Waals surface area contributed by atoms with E-state index in [1.807, 2.05) is 54.6 Å². The molecule has 0 spiro atoms. The molecule has 0 aliphatic heterocycles. The lowest BCUT2D eigenvalue weighted by molar-refractivity contribution is -0.115. The summed E-state index contributed by atoms with van der Waals surface area (Å²) < 4.78 is 5.41. The molecule has 0 saturated heterocycles. The van der Waals surface area contributed by atoms with Crippen molar-refractivity contribution < 1.29 is 14.3 Å². The second-order valence-corrected chi connectivity index (χ2v) is 11.0. The molecular formula is C28H32N2O3S. The first-order valence-electron chi connectivity index (χ1n) is 11.7. The lowest BCUT2D eigenvalue weighted by Gasteiger charge is -2.33. The number of carbonyl (C=O) groups excluding carboxylic acids is 2. The molecule has 1 aromatic heterocycles. The van der Waals surface area contributed by atoms with Crippen molar-refractivity contribution in [3.8, 4) is 5.75 Å². The molecule has 2 amide bonds. The number of para-hydroxylation sites is 2. The quantitative estimate of drug-likeness (QED) is 0.436. The Hall–Kier alpha value is -3.12. The number of anilines is 2. The van der Waals surface area contributed by atoms with Crippen LogP contribution in [0, 0.1) is 11.3 Å². The minimum atomic E-state index is -0.216. The highest BCUT2D eigenvalue weighted by molar-refractivity contribution is 7.17. The maximum absolute atomic E-state index is 13.5. The molecule has 1 atom stereocenters. The lowest BCUT2D eigenvalue weighted by Crippen LogP contribution is -2.27. The topological polar surface area (TPSA) is 67.4 Å². The second-order valence-electron chi connectivity index (χ2n) is 9.88. The van der Waals surface area contributed by atoms with Crippen LogP contribution in [0.1, 0.15) is 53.6 Å². The van der Waals surface area contributed by atoms with Crippen molar-refractivity contribution >= 4 is 33.8 Å². The van der Waals surface area contributed by atoms with E-state index in [0.29, 0.717) is 27.9 Å². The van der Waals surface area contributed by atoms with E-state index in [1.165, 1.54) is 4.88 Å². The van der Waals surface area contributed by atoms with E-state index >= 15 is 0 Å². The van der Waals surface area contributed by atoms with Crippen LogP contribution in [0.15, 0.2) is 54.6 Å². The Morgan fingerprint density at radius 3 is 2.44 bits per heavy atom. The largest absolute Gasteiger partial charge is 0.495 e. The van der Waals surface area contributed by atoms with E-state index in [9.17, 15) is 9.59 Å². The molecule has 5 nitrogen and oxygen atoms in total. The maximum Gasteiger partial charge on any atom is 0.259 e. The third-order valence-corrected chi connectivity index (χ3v) is 7.70. The monoisotopic (exact) mass is 476 g/mol. The first kappa shape index (κ1) is 24.0. The third kappa shape index (κ3) is 5.33. The van der Waals surface area contributed by atoms with Gasteiger partial charge in [-0.3, -0.25) is 9.59 Å². The number of amides is 2. The SMILES string of the molecule is COc1ccccc1NC(=O)c1c(NC(=O)Cc2ccccc2)sc2c1CC[C@@H](C(C)(C)C)C2. The molecule has 0 bridgehead atoms. The summed E-state index contributed by atoms with van der Waals surface area (Å²) in [6, 6.07) is 17.0. The predicted molar refractivity (Wildman–Crippen MR) is 139 cm³/mol. The van der Waals surface area contributed by atoms with Gasteiger partial charge in [0.25, 0.3) is 5.91 Å². The summed E-state index contributed by atoms with van der Waals surface area (Å²) in [5.41, 5.74) is 3.39. The highest BCUT2D eigenvalue weighted by Gasteiger charge is 2.34.